The molecule has 1 aromatic heterocycles. The molecule has 1 aromatic rings. The Morgan fingerprint density at radius 3 is 2.50 bits per heavy atom. The molecule has 0 amide bonds. The van der Waals surface area contributed by atoms with Gasteiger partial charge in [-0.15, -0.1) is 11.3 Å². The van der Waals surface area contributed by atoms with Crippen LogP contribution in [-0.2, 0) is 0 Å². The van der Waals surface area contributed by atoms with Crippen LogP contribution >= 0.6 is 22.9 Å². The van der Waals surface area contributed by atoms with Crippen LogP contribution in [0.3, 0.4) is 0 Å². The normalized spacial score (nSPS) is 14.8. The van der Waals surface area contributed by atoms with E-state index >= 15 is 0 Å². The molecule has 0 radical (unpaired) electrons. The van der Waals surface area contributed by atoms with Crippen molar-refractivity contribution in [2.75, 3.05) is 0 Å². The molecule has 2 nitrogen and oxygen atoms in total. The Morgan fingerprint density at radius 2 is 2.17 bits per heavy atom. The molecule has 0 aliphatic carbocycles. The fraction of sp³-hybridized carbons (Fsp3) is 0.400. The highest BCUT2D eigenvalue weighted by atomic mass is 35.5. The predicted octanol–water partition coefficient (Wildman–Crippen LogP) is 2.39. The van der Waals surface area contributed by atoms with Crippen molar-refractivity contribution in [3.8, 4) is 0 Å². The number of aromatic nitrogens is 1. The average molecular weight is 218 g/mol. The standard InChI is InChI=1S/C5H3ClF3NOS/c6-4-10-1-2(12-4)3(11)5(7,8)9/h1,3,11H. The number of thiazole rings is 1. The first kappa shape index (κ1) is 9.76. The molecule has 1 N–H and O–H groups in total. The van der Waals surface area contributed by atoms with Gasteiger partial charge in [-0.05, 0) is 0 Å². The summed E-state index contributed by atoms with van der Waals surface area (Å²) >= 11 is 5.89. The van der Waals surface area contributed by atoms with E-state index in [0.29, 0.717) is 11.3 Å². The SMILES string of the molecule is OC(c1cnc(Cl)s1)C(F)(F)F. The van der Waals surface area contributed by atoms with Gasteiger partial charge < -0.3 is 5.11 Å². The highest BCUT2D eigenvalue weighted by molar-refractivity contribution is 7.15. The van der Waals surface area contributed by atoms with E-state index in [4.69, 9.17) is 16.7 Å². The minimum absolute atomic E-state index is 0.0201. The van der Waals surface area contributed by atoms with E-state index in [0.717, 1.165) is 6.20 Å². The molecule has 1 heterocycles. The Labute approximate surface area is 74.6 Å². The fourth-order valence-corrected chi connectivity index (χ4v) is 1.52. The molecule has 0 aliphatic rings. The van der Waals surface area contributed by atoms with Crippen LogP contribution in [-0.4, -0.2) is 16.3 Å². The van der Waals surface area contributed by atoms with Gasteiger partial charge in [-0.25, -0.2) is 4.98 Å². The number of alkyl halides is 3. The van der Waals surface area contributed by atoms with Gasteiger partial charge >= 0.3 is 6.18 Å². The third kappa shape index (κ3) is 2.09. The zero-order chi connectivity index (χ0) is 9.35. The van der Waals surface area contributed by atoms with E-state index in [1.807, 2.05) is 0 Å². The number of aliphatic hydroxyl groups excluding tert-OH is 1. The molecule has 0 saturated heterocycles. The molecule has 1 unspecified atom stereocenters. The minimum Gasteiger partial charge on any atom is -0.379 e. The van der Waals surface area contributed by atoms with E-state index in [1.165, 1.54) is 0 Å². The van der Waals surface area contributed by atoms with Crippen molar-refractivity contribution in [2.45, 2.75) is 12.3 Å². The molecule has 0 aliphatic heterocycles. The van der Waals surface area contributed by atoms with Gasteiger partial charge in [0.1, 0.15) is 0 Å². The lowest BCUT2D eigenvalue weighted by Gasteiger charge is -2.11. The van der Waals surface area contributed by atoms with Crippen molar-refractivity contribution < 1.29 is 18.3 Å². The molecule has 1 rings (SSSR count). The summed E-state index contributed by atoms with van der Waals surface area (Å²) < 4.78 is 35.5. The number of nitrogens with zero attached hydrogens (tertiary/aromatic N) is 1. The van der Waals surface area contributed by atoms with Crippen LogP contribution in [0, 0.1) is 0 Å². The summed E-state index contributed by atoms with van der Waals surface area (Å²) in [7, 11) is 0. The van der Waals surface area contributed by atoms with Crippen LogP contribution in [0.2, 0.25) is 4.47 Å². The van der Waals surface area contributed by atoms with Crippen molar-refractivity contribution >= 4 is 22.9 Å². The summed E-state index contributed by atoms with van der Waals surface area (Å²) in [6.07, 6.45) is -6.23. The number of halogens is 4. The van der Waals surface area contributed by atoms with E-state index in [2.05, 4.69) is 4.98 Å². The summed E-state index contributed by atoms with van der Waals surface area (Å²) in [6.45, 7) is 0. The quantitative estimate of drug-likeness (QED) is 0.784. The monoisotopic (exact) mass is 217 g/mol. The lowest BCUT2D eigenvalue weighted by Crippen LogP contribution is -2.18. The topological polar surface area (TPSA) is 33.1 Å². The largest absolute Gasteiger partial charge is 0.419 e. The first-order valence-electron chi connectivity index (χ1n) is 2.77. The molecule has 0 spiro atoms. The van der Waals surface area contributed by atoms with Crippen molar-refractivity contribution in [2.24, 2.45) is 0 Å². The van der Waals surface area contributed by atoms with Gasteiger partial charge in [0, 0.05) is 6.20 Å². The molecule has 0 aromatic carbocycles. The summed E-state index contributed by atoms with van der Waals surface area (Å²) in [5, 5.41) is 8.66. The van der Waals surface area contributed by atoms with Crippen molar-refractivity contribution in [1.29, 1.82) is 0 Å². The third-order valence-corrected chi connectivity index (χ3v) is 2.24. The first-order chi connectivity index (χ1) is 5.41. The summed E-state index contributed by atoms with van der Waals surface area (Å²) in [6, 6.07) is 0. The second-order valence-corrected chi connectivity index (χ2v) is 3.60. The average Bonchev–Trinajstić information content (AvgIpc) is 2.32. The van der Waals surface area contributed by atoms with Crippen molar-refractivity contribution in [3.05, 3.63) is 15.5 Å². The Hall–Kier alpha value is -0.330. The maximum atomic E-state index is 11.8. The highest BCUT2D eigenvalue weighted by Gasteiger charge is 2.40. The maximum Gasteiger partial charge on any atom is 0.419 e. The van der Waals surface area contributed by atoms with Crippen molar-refractivity contribution in [1.82, 2.24) is 4.98 Å². The number of hydrogen-bond donors (Lipinski definition) is 1. The zero-order valence-corrected chi connectivity index (χ0v) is 7.04. The van der Waals surface area contributed by atoms with Gasteiger partial charge in [0.15, 0.2) is 10.6 Å². The number of hydrogen-bond acceptors (Lipinski definition) is 3. The minimum atomic E-state index is -4.66. The Kier molecular flexibility index (Phi) is 2.60. The molecule has 0 saturated carbocycles. The van der Waals surface area contributed by atoms with Gasteiger partial charge in [-0.1, -0.05) is 11.6 Å². The zero-order valence-electron chi connectivity index (χ0n) is 5.47. The molecule has 7 heteroatoms. The van der Waals surface area contributed by atoms with Crippen LogP contribution in [0.15, 0.2) is 6.20 Å². The molecular formula is C5H3ClF3NOS. The summed E-state index contributed by atoms with van der Waals surface area (Å²) in [5.74, 6) is 0. The second kappa shape index (κ2) is 3.20. The third-order valence-electron chi connectivity index (χ3n) is 1.07. The highest BCUT2D eigenvalue weighted by Crippen LogP contribution is 2.35. The molecular weight excluding hydrogens is 215 g/mol. The van der Waals surface area contributed by atoms with Gasteiger partial charge in [0.05, 0.1) is 4.88 Å². The van der Waals surface area contributed by atoms with Crippen molar-refractivity contribution in [3.63, 3.8) is 0 Å². The van der Waals surface area contributed by atoms with Gasteiger partial charge in [-0.3, -0.25) is 0 Å². The lowest BCUT2D eigenvalue weighted by atomic mass is 10.3. The Bertz CT molecular complexity index is 274. The van der Waals surface area contributed by atoms with E-state index in [-0.39, 0.29) is 9.34 Å². The van der Waals surface area contributed by atoms with Gasteiger partial charge in [-0.2, -0.15) is 13.2 Å². The van der Waals surface area contributed by atoms with E-state index < -0.39 is 12.3 Å². The first-order valence-corrected chi connectivity index (χ1v) is 3.96. The predicted molar refractivity (Wildman–Crippen MR) is 38.1 cm³/mol. The fourth-order valence-electron chi connectivity index (χ4n) is 0.552. The van der Waals surface area contributed by atoms with Crippen LogP contribution in [0.4, 0.5) is 13.2 Å². The van der Waals surface area contributed by atoms with Crippen LogP contribution in [0.5, 0.6) is 0 Å². The smallest absolute Gasteiger partial charge is 0.379 e. The molecule has 68 valence electrons. The maximum absolute atomic E-state index is 11.8. The molecule has 1 atom stereocenters. The molecule has 0 bridgehead atoms. The Morgan fingerprint density at radius 1 is 1.58 bits per heavy atom. The van der Waals surface area contributed by atoms with Gasteiger partial charge in [0.2, 0.25) is 0 Å². The van der Waals surface area contributed by atoms with Crippen LogP contribution in [0.1, 0.15) is 11.0 Å². The van der Waals surface area contributed by atoms with E-state index in [9.17, 15) is 13.2 Å². The second-order valence-electron chi connectivity index (χ2n) is 1.96. The van der Waals surface area contributed by atoms with Gasteiger partial charge in [0.25, 0.3) is 0 Å². The number of rotatable bonds is 1. The molecule has 0 fully saturated rings. The summed E-state index contributed by atoms with van der Waals surface area (Å²) in [5.41, 5.74) is 0. The Balaban J connectivity index is 2.85. The lowest BCUT2D eigenvalue weighted by molar-refractivity contribution is -0.205. The van der Waals surface area contributed by atoms with Crippen LogP contribution in [0.25, 0.3) is 0 Å². The number of aliphatic hydroxyl groups is 1. The summed E-state index contributed by atoms with van der Waals surface area (Å²) in [4.78, 5) is 3.08. The molecule has 12 heavy (non-hydrogen) atoms. The van der Waals surface area contributed by atoms with E-state index in [1.54, 1.807) is 0 Å². The van der Waals surface area contributed by atoms with Crippen LogP contribution < -0.4 is 0 Å².